The third-order valence-corrected chi connectivity index (χ3v) is 2.91. The van der Waals surface area contributed by atoms with Gasteiger partial charge >= 0.3 is 0 Å². The number of aromatic nitrogens is 2. The molecule has 0 saturated heterocycles. The molecule has 0 aliphatic carbocycles. The lowest BCUT2D eigenvalue weighted by Gasteiger charge is -2.10. The molecule has 21 heavy (non-hydrogen) atoms. The van der Waals surface area contributed by atoms with Crippen molar-refractivity contribution in [1.82, 2.24) is 9.97 Å². The fourth-order valence-electron chi connectivity index (χ4n) is 1.94. The minimum atomic E-state index is 0.352. The Labute approximate surface area is 125 Å². The van der Waals surface area contributed by atoms with Crippen molar-refractivity contribution in [3.8, 4) is 11.6 Å². The first-order chi connectivity index (χ1) is 10.2. The summed E-state index contributed by atoms with van der Waals surface area (Å²) >= 11 is 0. The molecule has 0 saturated carbocycles. The second kappa shape index (κ2) is 7.59. The quantitative estimate of drug-likeness (QED) is 0.845. The molecule has 0 fully saturated rings. The maximum atomic E-state index is 5.85. The Morgan fingerprint density at radius 1 is 1.14 bits per heavy atom. The molecule has 0 spiro atoms. The van der Waals surface area contributed by atoms with Crippen LogP contribution in [0, 0.1) is 0 Å². The minimum Gasteiger partial charge on any atom is -0.439 e. The number of nitrogens with one attached hydrogen (secondary N) is 1. The molecule has 0 aliphatic rings. The average Bonchev–Trinajstić information content (AvgIpc) is 2.48. The van der Waals surface area contributed by atoms with Gasteiger partial charge in [0, 0.05) is 19.7 Å². The van der Waals surface area contributed by atoms with Crippen molar-refractivity contribution < 1.29 is 9.47 Å². The average molecular weight is 287 g/mol. The van der Waals surface area contributed by atoms with Gasteiger partial charge in [0.2, 0.25) is 5.88 Å². The van der Waals surface area contributed by atoms with E-state index in [0.29, 0.717) is 18.3 Å². The van der Waals surface area contributed by atoms with Gasteiger partial charge in [0.25, 0.3) is 0 Å². The molecule has 5 heteroatoms. The highest BCUT2D eigenvalue weighted by atomic mass is 16.5. The van der Waals surface area contributed by atoms with Gasteiger partial charge in [0.05, 0.1) is 0 Å². The van der Waals surface area contributed by atoms with Crippen LogP contribution >= 0.6 is 0 Å². The predicted octanol–water partition coefficient (Wildman–Crippen LogP) is 3.41. The third kappa shape index (κ3) is 4.43. The van der Waals surface area contributed by atoms with Crippen LogP contribution in [-0.2, 0) is 17.8 Å². The van der Waals surface area contributed by atoms with E-state index in [-0.39, 0.29) is 0 Å². The van der Waals surface area contributed by atoms with E-state index in [1.54, 1.807) is 13.2 Å². The van der Waals surface area contributed by atoms with Crippen molar-refractivity contribution in [3.63, 3.8) is 0 Å². The maximum absolute atomic E-state index is 5.85. The molecule has 0 amide bonds. The number of anilines is 1. The van der Waals surface area contributed by atoms with Crippen LogP contribution in [0.5, 0.6) is 11.6 Å². The van der Waals surface area contributed by atoms with Gasteiger partial charge in [-0.05, 0) is 31.0 Å². The topological polar surface area (TPSA) is 56.3 Å². The molecule has 5 nitrogen and oxygen atoms in total. The van der Waals surface area contributed by atoms with E-state index in [4.69, 9.17) is 9.47 Å². The fraction of sp³-hybridized carbons (Fsp3) is 0.375. The lowest BCUT2D eigenvalue weighted by atomic mass is 10.2. The van der Waals surface area contributed by atoms with Gasteiger partial charge in [-0.15, -0.1) is 0 Å². The van der Waals surface area contributed by atoms with Gasteiger partial charge in [-0.3, -0.25) is 0 Å². The van der Waals surface area contributed by atoms with Crippen LogP contribution in [0.1, 0.15) is 25.2 Å². The fourth-order valence-corrected chi connectivity index (χ4v) is 1.94. The molecule has 2 aromatic rings. The van der Waals surface area contributed by atoms with E-state index in [1.807, 2.05) is 25.1 Å². The number of hydrogen-bond acceptors (Lipinski definition) is 5. The molecule has 1 aromatic heterocycles. The Kier molecular flexibility index (Phi) is 5.51. The lowest BCUT2D eigenvalue weighted by molar-refractivity contribution is 0.177. The van der Waals surface area contributed by atoms with E-state index < -0.39 is 0 Å². The molecule has 1 N–H and O–H groups in total. The maximum Gasteiger partial charge on any atom is 0.224 e. The molecule has 112 valence electrons. The Morgan fingerprint density at radius 2 is 2.00 bits per heavy atom. The van der Waals surface area contributed by atoms with Gasteiger partial charge in [0.1, 0.15) is 18.2 Å². The highest BCUT2D eigenvalue weighted by molar-refractivity contribution is 5.40. The summed E-state index contributed by atoms with van der Waals surface area (Å²) in [5.41, 5.74) is 1.23. The smallest absolute Gasteiger partial charge is 0.224 e. The van der Waals surface area contributed by atoms with E-state index in [0.717, 1.165) is 24.5 Å². The normalized spacial score (nSPS) is 10.4. The van der Waals surface area contributed by atoms with Gasteiger partial charge < -0.3 is 14.8 Å². The lowest BCUT2D eigenvalue weighted by Crippen LogP contribution is -2.05. The summed E-state index contributed by atoms with van der Waals surface area (Å²) in [5, 5.41) is 3.17. The van der Waals surface area contributed by atoms with Crippen molar-refractivity contribution in [3.05, 3.63) is 41.7 Å². The first-order valence-corrected chi connectivity index (χ1v) is 7.12. The Morgan fingerprint density at radius 3 is 2.71 bits per heavy atom. The van der Waals surface area contributed by atoms with Crippen LogP contribution in [0.4, 0.5) is 5.82 Å². The number of nitrogens with zero attached hydrogens (tertiary/aromatic N) is 2. The molecule has 0 atom stereocenters. The number of methoxy groups -OCH3 is 1. The highest BCUT2D eigenvalue weighted by Gasteiger charge is 2.07. The monoisotopic (exact) mass is 287 g/mol. The Bertz CT molecular complexity index is 563. The summed E-state index contributed by atoms with van der Waals surface area (Å²) in [6, 6.07) is 9.79. The molecule has 0 unspecified atom stereocenters. The SMILES string of the molecule is CCNc1cc(Oc2cccc(CC)c2)nc(COC)n1. The van der Waals surface area contributed by atoms with Crippen molar-refractivity contribution in [1.29, 1.82) is 0 Å². The summed E-state index contributed by atoms with van der Waals surface area (Å²) in [6.07, 6.45) is 0.971. The van der Waals surface area contributed by atoms with Crippen LogP contribution < -0.4 is 10.1 Å². The summed E-state index contributed by atoms with van der Waals surface area (Å²) in [6.45, 7) is 5.27. The number of hydrogen-bond donors (Lipinski definition) is 1. The second-order valence-corrected chi connectivity index (χ2v) is 4.57. The molecule has 1 heterocycles. The van der Waals surface area contributed by atoms with Gasteiger partial charge in [-0.2, -0.15) is 4.98 Å². The van der Waals surface area contributed by atoms with Crippen LogP contribution in [0.15, 0.2) is 30.3 Å². The first kappa shape index (κ1) is 15.3. The zero-order chi connectivity index (χ0) is 15.1. The molecule has 2 rings (SSSR count). The summed E-state index contributed by atoms with van der Waals surface area (Å²) in [7, 11) is 1.62. The Hall–Kier alpha value is -2.14. The van der Waals surface area contributed by atoms with Crippen molar-refractivity contribution in [2.75, 3.05) is 19.0 Å². The highest BCUT2D eigenvalue weighted by Crippen LogP contribution is 2.23. The first-order valence-electron chi connectivity index (χ1n) is 7.12. The predicted molar refractivity (Wildman–Crippen MR) is 82.8 cm³/mol. The second-order valence-electron chi connectivity index (χ2n) is 4.57. The Balaban J connectivity index is 2.24. The van der Waals surface area contributed by atoms with Gasteiger partial charge in [-0.25, -0.2) is 4.98 Å². The third-order valence-electron chi connectivity index (χ3n) is 2.91. The number of ether oxygens (including phenoxy) is 2. The molecular formula is C16H21N3O2. The van der Waals surface area contributed by atoms with E-state index in [1.165, 1.54) is 5.56 Å². The van der Waals surface area contributed by atoms with Gasteiger partial charge in [-0.1, -0.05) is 19.1 Å². The summed E-state index contributed by atoms with van der Waals surface area (Å²) in [4.78, 5) is 8.72. The molecule has 0 aliphatic heterocycles. The summed E-state index contributed by atoms with van der Waals surface area (Å²) in [5.74, 6) is 2.62. The largest absolute Gasteiger partial charge is 0.439 e. The van der Waals surface area contributed by atoms with Crippen LogP contribution in [0.25, 0.3) is 0 Å². The molecular weight excluding hydrogens is 266 g/mol. The van der Waals surface area contributed by atoms with Crippen LogP contribution in [0.3, 0.4) is 0 Å². The van der Waals surface area contributed by atoms with Crippen LogP contribution in [0.2, 0.25) is 0 Å². The zero-order valence-electron chi connectivity index (χ0n) is 12.7. The van der Waals surface area contributed by atoms with E-state index in [2.05, 4.69) is 28.3 Å². The zero-order valence-corrected chi connectivity index (χ0v) is 12.7. The number of benzene rings is 1. The van der Waals surface area contributed by atoms with Crippen molar-refractivity contribution in [2.45, 2.75) is 26.9 Å². The van der Waals surface area contributed by atoms with Gasteiger partial charge in [0.15, 0.2) is 5.82 Å². The number of aryl methyl sites for hydroxylation is 1. The van der Waals surface area contributed by atoms with E-state index in [9.17, 15) is 0 Å². The van der Waals surface area contributed by atoms with Crippen LogP contribution in [-0.4, -0.2) is 23.6 Å². The molecule has 0 radical (unpaired) electrons. The standard InChI is InChI=1S/C16H21N3O2/c1-4-12-7-6-8-13(9-12)21-16-10-14(17-5-2)18-15(19-16)11-20-3/h6-10H,4-5,11H2,1-3H3,(H,17,18,19). The van der Waals surface area contributed by atoms with Crippen molar-refractivity contribution >= 4 is 5.82 Å². The summed E-state index contributed by atoms with van der Waals surface area (Å²) < 4.78 is 10.9. The van der Waals surface area contributed by atoms with E-state index >= 15 is 0 Å². The van der Waals surface area contributed by atoms with Crippen molar-refractivity contribution in [2.24, 2.45) is 0 Å². The number of rotatable bonds is 7. The minimum absolute atomic E-state index is 0.352. The molecule has 0 bridgehead atoms. The molecule has 1 aromatic carbocycles.